The molecule has 0 atom stereocenters. The zero-order valence-corrected chi connectivity index (χ0v) is 19.6. The monoisotopic (exact) mass is 481 g/mol. The highest BCUT2D eigenvalue weighted by molar-refractivity contribution is 7.99. The summed E-state index contributed by atoms with van der Waals surface area (Å²) < 4.78 is 3.34. The first-order valence-electron chi connectivity index (χ1n) is 10.9. The molecule has 1 aromatic carbocycles. The third-order valence-corrected chi connectivity index (χ3v) is 7.69. The third-order valence-electron chi connectivity index (χ3n) is 5.76. The molecule has 3 aromatic heterocycles. The highest BCUT2D eigenvalue weighted by Gasteiger charge is 2.21. The van der Waals surface area contributed by atoms with Gasteiger partial charge in [-0.2, -0.15) is 0 Å². The van der Waals surface area contributed by atoms with E-state index < -0.39 is 0 Å². The summed E-state index contributed by atoms with van der Waals surface area (Å²) in [6.07, 6.45) is 7.67. The average Bonchev–Trinajstić information content (AvgIpc) is 3.48. The molecule has 9 nitrogen and oxygen atoms in total. The van der Waals surface area contributed by atoms with E-state index in [4.69, 9.17) is 0 Å². The van der Waals surface area contributed by atoms with Crippen molar-refractivity contribution in [1.29, 1.82) is 0 Å². The fourth-order valence-electron chi connectivity index (χ4n) is 4.21. The van der Waals surface area contributed by atoms with Crippen molar-refractivity contribution in [3.63, 3.8) is 0 Å². The lowest BCUT2D eigenvalue weighted by molar-refractivity contribution is -0.113. The SMILES string of the molecule is C=CCn1c(=O)c2ccccc2n2c(SCC(=O)Nc3nnc(C4CCCCC4)s3)nnc12. The molecule has 1 aliphatic rings. The van der Waals surface area contributed by atoms with Crippen LogP contribution >= 0.6 is 23.1 Å². The fourth-order valence-corrected chi connectivity index (χ4v) is 5.87. The standard InChI is InChI=1S/C22H23N7O2S2/c1-2-12-28-19(31)15-10-6-7-11-16(15)29-21(28)26-27-22(29)32-13-17(30)23-20-25-24-18(33-20)14-8-4-3-5-9-14/h2,6-7,10-11,14H,1,3-5,8-9,12-13H2,(H,23,25,30). The van der Waals surface area contributed by atoms with Gasteiger partial charge in [-0.15, -0.1) is 27.0 Å². The summed E-state index contributed by atoms with van der Waals surface area (Å²) in [6.45, 7) is 4.05. The van der Waals surface area contributed by atoms with Gasteiger partial charge in [-0.25, -0.2) is 0 Å². The van der Waals surface area contributed by atoms with E-state index in [0.29, 0.717) is 39.4 Å². The third kappa shape index (κ3) is 4.30. The van der Waals surface area contributed by atoms with Crippen LogP contribution in [0.1, 0.15) is 43.0 Å². The maximum Gasteiger partial charge on any atom is 0.263 e. The molecule has 0 unspecified atom stereocenters. The Morgan fingerprint density at radius 2 is 2.00 bits per heavy atom. The average molecular weight is 482 g/mol. The Labute approximate surface area is 197 Å². The van der Waals surface area contributed by atoms with Crippen molar-refractivity contribution in [3.8, 4) is 0 Å². The van der Waals surface area contributed by atoms with E-state index >= 15 is 0 Å². The molecular weight excluding hydrogens is 458 g/mol. The van der Waals surface area contributed by atoms with Crippen LogP contribution in [0.5, 0.6) is 0 Å². The van der Waals surface area contributed by atoms with E-state index in [1.807, 2.05) is 22.6 Å². The lowest BCUT2D eigenvalue weighted by atomic mass is 9.90. The number of para-hydroxylation sites is 1. The van der Waals surface area contributed by atoms with Gasteiger partial charge in [0.1, 0.15) is 5.01 Å². The number of fused-ring (bicyclic) bond motifs is 3. The molecule has 11 heteroatoms. The van der Waals surface area contributed by atoms with Gasteiger partial charge in [-0.05, 0) is 25.0 Å². The summed E-state index contributed by atoms with van der Waals surface area (Å²) in [7, 11) is 0. The van der Waals surface area contributed by atoms with Crippen molar-refractivity contribution in [2.45, 2.75) is 49.7 Å². The van der Waals surface area contributed by atoms with Gasteiger partial charge in [0, 0.05) is 12.5 Å². The molecule has 1 aliphatic carbocycles. The summed E-state index contributed by atoms with van der Waals surface area (Å²) in [6, 6.07) is 7.31. The van der Waals surface area contributed by atoms with Gasteiger partial charge in [0.05, 0.1) is 16.7 Å². The Kier molecular flexibility index (Phi) is 6.23. The Morgan fingerprint density at radius 1 is 1.18 bits per heavy atom. The Hall–Kier alpha value is -3.05. The van der Waals surface area contributed by atoms with Crippen LogP contribution in [0.4, 0.5) is 5.13 Å². The van der Waals surface area contributed by atoms with Gasteiger partial charge in [0.2, 0.25) is 16.8 Å². The van der Waals surface area contributed by atoms with E-state index in [-0.39, 0.29) is 17.2 Å². The molecule has 33 heavy (non-hydrogen) atoms. The topological polar surface area (TPSA) is 107 Å². The molecular formula is C22H23N7O2S2. The Balaban J connectivity index is 1.35. The second-order valence-corrected chi connectivity index (χ2v) is 9.91. The maximum absolute atomic E-state index is 12.9. The lowest BCUT2D eigenvalue weighted by Crippen LogP contribution is -2.22. The van der Waals surface area contributed by atoms with Crippen molar-refractivity contribution in [2.75, 3.05) is 11.1 Å². The number of benzene rings is 1. The number of allylic oxidation sites excluding steroid dienone is 1. The molecule has 0 saturated heterocycles. The number of hydrogen-bond donors (Lipinski definition) is 1. The molecule has 1 saturated carbocycles. The van der Waals surface area contributed by atoms with Crippen LogP contribution in [0.3, 0.4) is 0 Å². The number of amides is 1. The summed E-state index contributed by atoms with van der Waals surface area (Å²) in [5, 5.41) is 22.4. The summed E-state index contributed by atoms with van der Waals surface area (Å²) in [4.78, 5) is 25.5. The van der Waals surface area contributed by atoms with E-state index in [1.54, 1.807) is 12.1 Å². The number of nitrogens with one attached hydrogen (secondary N) is 1. The first kappa shape index (κ1) is 21.8. The van der Waals surface area contributed by atoms with Gasteiger partial charge in [0.15, 0.2) is 5.16 Å². The Morgan fingerprint density at radius 3 is 2.82 bits per heavy atom. The maximum atomic E-state index is 12.9. The molecule has 170 valence electrons. The van der Waals surface area contributed by atoms with Gasteiger partial charge in [-0.1, -0.05) is 60.6 Å². The van der Waals surface area contributed by atoms with E-state index in [9.17, 15) is 9.59 Å². The minimum absolute atomic E-state index is 0.133. The lowest BCUT2D eigenvalue weighted by Gasteiger charge is -2.18. The second kappa shape index (κ2) is 9.44. The summed E-state index contributed by atoms with van der Waals surface area (Å²) >= 11 is 2.72. The van der Waals surface area contributed by atoms with Crippen LogP contribution in [-0.2, 0) is 11.3 Å². The minimum Gasteiger partial charge on any atom is -0.300 e. The molecule has 1 fully saturated rings. The van der Waals surface area contributed by atoms with Crippen LogP contribution in [0.15, 0.2) is 46.9 Å². The first-order chi connectivity index (χ1) is 16.2. The van der Waals surface area contributed by atoms with E-state index in [0.717, 1.165) is 17.8 Å². The number of nitrogens with zero attached hydrogens (tertiary/aromatic N) is 6. The highest BCUT2D eigenvalue weighted by Crippen LogP contribution is 2.35. The van der Waals surface area contributed by atoms with Crippen molar-refractivity contribution in [3.05, 3.63) is 52.3 Å². The molecule has 5 rings (SSSR count). The van der Waals surface area contributed by atoms with Gasteiger partial charge < -0.3 is 0 Å². The minimum atomic E-state index is -0.188. The second-order valence-electron chi connectivity index (χ2n) is 7.96. The number of aromatic nitrogens is 6. The Bertz CT molecular complexity index is 1380. The number of rotatable bonds is 7. The van der Waals surface area contributed by atoms with Crippen molar-refractivity contribution in [1.82, 2.24) is 29.4 Å². The largest absolute Gasteiger partial charge is 0.300 e. The predicted octanol–water partition coefficient (Wildman–Crippen LogP) is 3.86. The molecule has 4 aromatic rings. The van der Waals surface area contributed by atoms with Crippen molar-refractivity contribution >= 4 is 50.8 Å². The highest BCUT2D eigenvalue weighted by atomic mass is 32.2. The van der Waals surface area contributed by atoms with Crippen LogP contribution in [0.2, 0.25) is 0 Å². The molecule has 1 N–H and O–H groups in total. The molecule has 0 bridgehead atoms. The number of hydrogen-bond acceptors (Lipinski definition) is 8. The number of carbonyl (C=O) groups excluding carboxylic acids is 1. The van der Waals surface area contributed by atoms with Crippen molar-refractivity contribution < 1.29 is 4.79 Å². The number of thioether (sulfide) groups is 1. The van der Waals surface area contributed by atoms with Crippen LogP contribution in [0.25, 0.3) is 16.7 Å². The number of anilines is 1. The smallest absolute Gasteiger partial charge is 0.263 e. The van der Waals surface area contributed by atoms with Crippen LogP contribution in [-0.4, -0.2) is 41.0 Å². The zero-order chi connectivity index (χ0) is 22.8. The molecule has 0 radical (unpaired) electrons. The molecule has 0 aliphatic heterocycles. The summed E-state index contributed by atoms with van der Waals surface area (Å²) in [5.74, 6) is 0.822. The predicted molar refractivity (Wildman–Crippen MR) is 130 cm³/mol. The quantitative estimate of drug-likeness (QED) is 0.315. The number of carbonyl (C=O) groups is 1. The van der Waals surface area contributed by atoms with Crippen molar-refractivity contribution in [2.24, 2.45) is 0 Å². The van der Waals surface area contributed by atoms with E-state index in [2.05, 4.69) is 32.3 Å². The summed E-state index contributed by atoms with van der Waals surface area (Å²) in [5.41, 5.74) is 0.553. The zero-order valence-electron chi connectivity index (χ0n) is 17.9. The van der Waals surface area contributed by atoms with Gasteiger partial charge in [0.25, 0.3) is 5.56 Å². The van der Waals surface area contributed by atoms with Gasteiger partial charge in [-0.3, -0.25) is 23.9 Å². The normalized spacial score (nSPS) is 14.7. The molecule has 0 spiro atoms. The molecule has 3 heterocycles. The van der Waals surface area contributed by atoms with Gasteiger partial charge >= 0.3 is 0 Å². The molecule has 1 amide bonds. The van der Waals surface area contributed by atoms with Crippen LogP contribution in [0, 0.1) is 0 Å². The first-order valence-corrected chi connectivity index (χ1v) is 12.7. The van der Waals surface area contributed by atoms with Crippen LogP contribution < -0.4 is 10.9 Å². The van der Waals surface area contributed by atoms with E-state index in [1.165, 1.54) is 46.9 Å². The fraction of sp³-hybridized carbons (Fsp3) is 0.364.